The molecule has 3 fully saturated rings. The third kappa shape index (κ3) is 9.73. The maximum Gasteiger partial charge on any atom is 0.410 e. The van der Waals surface area contributed by atoms with Gasteiger partial charge in [0.15, 0.2) is 17.7 Å². The molecule has 3 aliphatic heterocycles. The zero-order chi connectivity index (χ0) is 44.1. The smallest absolute Gasteiger partial charge is 0.410 e. The number of ether oxygens (including phenoxy) is 6. The van der Waals surface area contributed by atoms with E-state index in [1.54, 1.807) is 38.1 Å². The van der Waals surface area contributed by atoms with E-state index in [1.807, 2.05) is 83.1 Å². The van der Waals surface area contributed by atoms with Gasteiger partial charge in [0.2, 0.25) is 0 Å². The van der Waals surface area contributed by atoms with Crippen LogP contribution in [0.5, 0.6) is 5.75 Å². The molecule has 0 radical (unpaired) electrons. The number of hydrogen-bond donors (Lipinski definition) is 1. The number of hydrogen-bond acceptors (Lipinski definition) is 13. The number of rotatable bonds is 12. The van der Waals surface area contributed by atoms with E-state index in [0.29, 0.717) is 18.6 Å². The van der Waals surface area contributed by atoms with Crippen LogP contribution >= 0.6 is 0 Å². The average molecular weight is 838 g/mol. The first-order valence-corrected chi connectivity index (χ1v) is 21.5. The number of ketones is 2. The molecule has 13 atom stereocenters. The highest BCUT2D eigenvalue weighted by Gasteiger charge is 2.62. The predicted molar refractivity (Wildman–Crippen MR) is 224 cm³/mol. The second kappa shape index (κ2) is 19.8. The number of benzene rings is 1. The summed E-state index contributed by atoms with van der Waals surface area (Å²) in [4.78, 5) is 65.0. The highest BCUT2D eigenvalue weighted by molar-refractivity contribution is 6.00. The Morgan fingerprint density at radius 1 is 0.967 bits per heavy atom. The van der Waals surface area contributed by atoms with E-state index in [1.165, 1.54) is 14.0 Å². The molecule has 1 aromatic heterocycles. The Morgan fingerprint density at radius 2 is 1.67 bits per heavy atom. The number of aromatic nitrogens is 1. The van der Waals surface area contributed by atoms with Crippen LogP contribution in [0, 0.1) is 23.7 Å². The highest BCUT2D eigenvalue weighted by Crippen LogP contribution is 2.45. The van der Waals surface area contributed by atoms with Crippen molar-refractivity contribution >= 4 is 23.6 Å². The number of carbonyl (C=O) groups is 4. The monoisotopic (exact) mass is 837 g/mol. The summed E-state index contributed by atoms with van der Waals surface area (Å²) in [6.07, 6.45) is 0.0703. The summed E-state index contributed by atoms with van der Waals surface area (Å²) < 4.78 is 37.5. The van der Waals surface area contributed by atoms with Crippen molar-refractivity contribution in [2.45, 2.75) is 141 Å². The zero-order valence-corrected chi connectivity index (χ0v) is 37.3. The quantitative estimate of drug-likeness (QED) is 0.148. The Balaban J connectivity index is 1.44. The van der Waals surface area contributed by atoms with E-state index < -0.39 is 83.4 Å². The summed E-state index contributed by atoms with van der Waals surface area (Å²) in [5, 5.41) is 11.5. The number of aliphatic hydroxyl groups is 1. The highest BCUT2D eigenvalue weighted by atomic mass is 16.7. The Morgan fingerprint density at radius 3 is 2.27 bits per heavy atom. The first kappa shape index (κ1) is 47.1. The van der Waals surface area contributed by atoms with Gasteiger partial charge in [0.1, 0.15) is 29.7 Å². The fourth-order valence-corrected chi connectivity index (χ4v) is 9.70. The molecule has 1 amide bonds. The lowest BCUT2D eigenvalue weighted by Gasteiger charge is -2.47. The van der Waals surface area contributed by atoms with Crippen LogP contribution in [0.15, 0.2) is 48.8 Å². The Bertz CT molecular complexity index is 1780. The molecule has 14 nitrogen and oxygen atoms in total. The molecule has 3 aliphatic rings. The molecular formula is C46H67N3O11. The van der Waals surface area contributed by atoms with Crippen LogP contribution in [0.2, 0.25) is 0 Å². The third-order valence-electron chi connectivity index (χ3n) is 13.2. The molecular weight excluding hydrogens is 771 g/mol. The number of methoxy groups -OCH3 is 1. The minimum Gasteiger partial charge on any atom is -0.494 e. The van der Waals surface area contributed by atoms with Gasteiger partial charge in [-0.3, -0.25) is 19.4 Å². The standard InChI is InChI=1S/C46H67N3O11/c1-12-36-46(13-2)40(49(44(54)60-46)22-15-23-56-34-19-17-32(18-20-34)33-16-14-21-47-26-33)29(5)37(50)27(3)25-45(8,55-11)41(30(6)38(51)31(7)42(53)58-36)59-43-39(52)35(48(9)10)24-28(4)57-43/h14,16-21,26-31,35-36,39-41,43,52H,12-13,15,22-25H2,1-11H3/t27-,28-,29+,30+,31-,35+,36-,39-,40-,41-,43?,45+,46-/m1/s1. The number of likely N-dealkylation sites (N-methyl/N-ethyl adjacent to an activating group) is 1. The van der Waals surface area contributed by atoms with E-state index >= 15 is 0 Å². The van der Waals surface area contributed by atoms with Gasteiger partial charge < -0.3 is 43.3 Å². The summed E-state index contributed by atoms with van der Waals surface area (Å²) in [7, 11) is 5.24. The molecule has 332 valence electrons. The van der Waals surface area contributed by atoms with Crippen LogP contribution in [0.25, 0.3) is 11.1 Å². The number of cyclic esters (lactones) is 1. The van der Waals surface area contributed by atoms with Gasteiger partial charge in [-0.2, -0.15) is 0 Å². The van der Waals surface area contributed by atoms with Crippen molar-refractivity contribution in [3.05, 3.63) is 48.8 Å². The number of aliphatic hydroxyl groups excluding tert-OH is 1. The van der Waals surface area contributed by atoms with Crippen molar-refractivity contribution in [1.82, 2.24) is 14.8 Å². The van der Waals surface area contributed by atoms with Crippen LogP contribution in [-0.4, -0.2) is 132 Å². The third-order valence-corrected chi connectivity index (χ3v) is 13.2. The van der Waals surface area contributed by atoms with Crippen molar-refractivity contribution in [3.8, 4) is 16.9 Å². The average Bonchev–Trinajstić information content (AvgIpc) is 3.53. The topological polar surface area (TPSA) is 163 Å². The lowest BCUT2D eigenvalue weighted by atomic mass is 9.72. The number of esters is 1. The first-order valence-electron chi connectivity index (χ1n) is 21.5. The van der Waals surface area contributed by atoms with Gasteiger partial charge in [-0.15, -0.1) is 0 Å². The predicted octanol–water partition coefficient (Wildman–Crippen LogP) is 6.11. The van der Waals surface area contributed by atoms with E-state index in [9.17, 15) is 24.3 Å². The number of Topliss-reactive ketones (excluding diaryl/α,β-unsaturated/α-hetero) is 2. The molecule has 0 saturated carbocycles. The molecule has 2 aromatic rings. The molecule has 5 rings (SSSR count). The van der Waals surface area contributed by atoms with Crippen molar-refractivity contribution < 1.29 is 52.7 Å². The maximum absolute atomic E-state index is 14.8. The number of carbonyl (C=O) groups excluding carboxylic acids is 4. The SMILES string of the molecule is CC[C@H]1OC(=O)[C@H](C)C(=O)[C@H](C)[C@@H](OC2O[C@H](C)C[C@H](N(C)C)[C@H]2O)[C@@](C)(OC)C[C@@H](C)C(=O)[C@H](C)[C@H]2N(CCCOc3ccc(-c4cccnc4)cc3)C(=O)O[C@]12CC. The van der Waals surface area contributed by atoms with E-state index in [0.717, 1.165) is 11.1 Å². The summed E-state index contributed by atoms with van der Waals surface area (Å²) >= 11 is 0. The fourth-order valence-electron chi connectivity index (χ4n) is 9.70. The van der Waals surface area contributed by atoms with Gasteiger partial charge in [0.05, 0.1) is 30.5 Å². The fraction of sp³-hybridized carbons (Fsp3) is 0.674. The van der Waals surface area contributed by atoms with Gasteiger partial charge in [-0.05, 0) is 96.3 Å². The molecule has 0 spiro atoms. The van der Waals surface area contributed by atoms with E-state index in [-0.39, 0.29) is 50.3 Å². The van der Waals surface area contributed by atoms with Gasteiger partial charge in [-0.1, -0.05) is 52.8 Å². The second-order valence-electron chi connectivity index (χ2n) is 17.5. The van der Waals surface area contributed by atoms with E-state index in [4.69, 9.17) is 28.4 Å². The Labute approximate surface area is 355 Å². The van der Waals surface area contributed by atoms with Gasteiger partial charge in [-0.25, -0.2) is 4.79 Å². The maximum atomic E-state index is 14.8. The Kier molecular flexibility index (Phi) is 15.6. The lowest BCUT2D eigenvalue weighted by molar-refractivity contribution is -0.295. The van der Waals surface area contributed by atoms with Crippen molar-refractivity contribution in [1.29, 1.82) is 0 Å². The summed E-state index contributed by atoms with van der Waals surface area (Å²) in [6, 6.07) is 10.5. The molecule has 4 heterocycles. The van der Waals surface area contributed by atoms with Crippen molar-refractivity contribution in [3.63, 3.8) is 0 Å². The van der Waals surface area contributed by atoms with Crippen LogP contribution in [-0.2, 0) is 38.1 Å². The van der Waals surface area contributed by atoms with Crippen LogP contribution in [0.3, 0.4) is 0 Å². The molecule has 3 saturated heterocycles. The zero-order valence-electron chi connectivity index (χ0n) is 37.3. The van der Waals surface area contributed by atoms with Crippen molar-refractivity contribution in [2.24, 2.45) is 23.7 Å². The van der Waals surface area contributed by atoms with Gasteiger partial charge in [0.25, 0.3) is 0 Å². The Hall–Kier alpha value is -3.95. The summed E-state index contributed by atoms with van der Waals surface area (Å²) in [5.74, 6) is -4.35. The van der Waals surface area contributed by atoms with E-state index in [2.05, 4.69) is 4.98 Å². The molecule has 0 aliphatic carbocycles. The normalized spacial score (nSPS) is 35.8. The first-order chi connectivity index (χ1) is 28.4. The molecule has 0 bridgehead atoms. The minimum absolute atomic E-state index is 0.120. The second-order valence-corrected chi connectivity index (χ2v) is 17.5. The largest absolute Gasteiger partial charge is 0.494 e. The van der Waals surface area contributed by atoms with Crippen LogP contribution in [0.1, 0.15) is 87.5 Å². The van der Waals surface area contributed by atoms with Crippen molar-refractivity contribution in [2.75, 3.05) is 34.4 Å². The van der Waals surface area contributed by atoms with Crippen LogP contribution < -0.4 is 4.74 Å². The molecule has 1 N–H and O–H groups in total. The molecule has 60 heavy (non-hydrogen) atoms. The van der Waals surface area contributed by atoms with Gasteiger partial charge in [0, 0.05) is 49.8 Å². The number of pyridine rings is 1. The van der Waals surface area contributed by atoms with Crippen LogP contribution in [0.4, 0.5) is 4.79 Å². The number of nitrogens with zero attached hydrogens (tertiary/aromatic N) is 3. The molecule has 14 heteroatoms. The number of amides is 1. The van der Waals surface area contributed by atoms with Gasteiger partial charge >= 0.3 is 12.1 Å². The summed E-state index contributed by atoms with van der Waals surface area (Å²) in [5.41, 5.74) is -0.670. The lowest BCUT2D eigenvalue weighted by Crippen LogP contribution is -2.61. The molecule has 1 aromatic carbocycles. The molecule has 1 unspecified atom stereocenters. The minimum atomic E-state index is -1.39. The number of fused-ring (bicyclic) bond motifs is 1. The summed E-state index contributed by atoms with van der Waals surface area (Å²) in [6.45, 7) is 14.6.